The van der Waals surface area contributed by atoms with Gasteiger partial charge in [-0.15, -0.1) is 11.8 Å². The molecule has 21 heavy (non-hydrogen) atoms. The van der Waals surface area contributed by atoms with Crippen LogP contribution in [0.4, 0.5) is 0 Å². The Balaban J connectivity index is 1.95. The van der Waals surface area contributed by atoms with E-state index >= 15 is 0 Å². The van der Waals surface area contributed by atoms with E-state index in [-0.39, 0.29) is 0 Å². The maximum atomic E-state index is 6.20. The third kappa shape index (κ3) is 5.55. The quantitative estimate of drug-likeness (QED) is 0.506. The third-order valence-corrected chi connectivity index (χ3v) is 4.69. The summed E-state index contributed by atoms with van der Waals surface area (Å²) in [5.41, 5.74) is 2.43. The molecule has 0 saturated carbocycles. The summed E-state index contributed by atoms with van der Waals surface area (Å²) in [6, 6.07) is 14.3. The van der Waals surface area contributed by atoms with Crippen molar-refractivity contribution in [2.24, 2.45) is 0 Å². The van der Waals surface area contributed by atoms with E-state index in [4.69, 9.17) is 23.2 Å². The predicted octanol–water partition coefficient (Wildman–Crippen LogP) is 5.79. The summed E-state index contributed by atoms with van der Waals surface area (Å²) in [6.07, 6.45) is 1.16. The lowest BCUT2D eigenvalue weighted by Gasteiger charge is -2.07. The molecule has 0 saturated heterocycles. The largest absolute Gasteiger partial charge is 0.313 e. The molecule has 0 radical (unpaired) electrons. The topological polar surface area (TPSA) is 12.0 Å². The average molecular weight is 340 g/mol. The van der Waals surface area contributed by atoms with Crippen molar-refractivity contribution < 1.29 is 0 Å². The van der Waals surface area contributed by atoms with Crippen molar-refractivity contribution in [3.63, 3.8) is 0 Å². The summed E-state index contributed by atoms with van der Waals surface area (Å²) in [5.74, 6) is 0.849. The molecule has 2 aromatic rings. The number of thioether (sulfide) groups is 1. The molecule has 4 heteroatoms. The van der Waals surface area contributed by atoms with Crippen LogP contribution in [0.5, 0.6) is 0 Å². The Morgan fingerprint density at radius 2 is 1.95 bits per heavy atom. The van der Waals surface area contributed by atoms with Gasteiger partial charge in [0.25, 0.3) is 0 Å². The van der Waals surface area contributed by atoms with Crippen LogP contribution in [0.1, 0.15) is 24.5 Å². The second kappa shape index (κ2) is 8.70. The molecule has 112 valence electrons. The molecule has 2 aromatic carbocycles. The summed E-state index contributed by atoms with van der Waals surface area (Å²) in [5, 5.41) is 4.83. The predicted molar refractivity (Wildman–Crippen MR) is 94.5 cm³/mol. The minimum Gasteiger partial charge on any atom is -0.313 e. The van der Waals surface area contributed by atoms with Gasteiger partial charge in [0.05, 0.1) is 0 Å². The van der Waals surface area contributed by atoms with Crippen molar-refractivity contribution in [1.82, 2.24) is 5.32 Å². The maximum Gasteiger partial charge on any atom is 0.0461 e. The minimum absolute atomic E-state index is 0.678. The molecule has 0 fully saturated rings. The molecule has 0 atom stereocenters. The Bertz CT molecular complexity index is 587. The highest BCUT2D eigenvalue weighted by molar-refractivity contribution is 7.98. The van der Waals surface area contributed by atoms with Crippen LogP contribution in [-0.2, 0) is 12.3 Å². The molecular formula is C17H19Cl2NS. The van der Waals surface area contributed by atoms with Gasteiger partial charge in [0, 0.05) is 27.2 Å². The van der Waals surface area contributed by atoms with Crippen LogP contribution in [0.25, 0.3) is 0 Å². The smallest absolute Gasteiger partial charge is 0.0461 e. The first-order valence-electron chi connectivity index (χ1n) is 7.05. The highest BCUT2D eigenvalue weighted by atomic mass is 35.5. The Labute approximate surface area is 141 Å². The second-order valence-corrected chi connectivity index (χ2v) is 6.74. The first kappa shape index (κ1) is 16.7. The molecule has 0 unspecified atom stereocenters. The summed E-state index contributed by atoms with van der Waals surface area (Å²) in [4.78, 5) is 1.26. The summed E-state index contributed by atoms with van der Waals surface area (Å²) in [6.45, 7) is 4.15. The lowest BCUT2D eigenvalue weighted by molar-refractivity contribution is 0.674. The molecule has 0 bridgehead atoms. The van der Waals surface area contributed by atoms with Crippen molar-refractivity contribution in [1.29, 1.82) is 0 Å². The van der Waals surface area contributed by atoms with Gasteiger partial charge in [0.1, 0.15) is 0 Å². The lowest BCUT2D eigenvalue weighted by Crippen LogP contribution is -2.13. The highest BCUT2D eigenvalue weighted by Gasteiger charge is 2.03. The van der Waals surface area contributed by atoms with Gasteiger partial charge in [-0.05, 0) is 48.4 Å². The van der Waals surface area contributed by atoms with Gasteiger partial charge in [-0.1, -0.05) is 48.3 Å². The molecule has 2 rings (SSSR count). The van der Waals surface area contributed by atoms with Crippen LogP contribution in [-0.4, -0.2) is 6.54 Å². The molecule has 1 N–H and O–H groups in total. The maximum absolute atomic E-state index is 6.20. The number of hydrogen-bond acceptors (Lipinski definition) is 2. The summed E-state index contributed by atoms with van der Waals surface area (Å²) >= 11 is 13.9. The SMILES string of the molecule is CCCNCc1cccc(SCc2ccc(Cl)cc2Cl)c1. The number of nitrogens with one attached hydrogen (secondary N) is 1. The highest BCUT2D eigenvalue weighted by Crippen LogP contribution is 2.28. The van der Waals surface area contributed by atoms with Crippen LogP contribution in [0.3, 0.4) is 0 Å². The zero-order chi connectivity index (χ0) is 15.1. The van der Waals surface area contributed by atoms with Gasteiger partial charge in [-0.2, -0.15) is 0 Å². The standard InChI is InChI=1S/C17H19Cl2NS/c1-2-8-20-11-13-4-3-5-16(9-13)21-12-14-6-7-15(18)10-17(14)19/h3-7,9-10,20H,2,8,11-12H2,1H3. The van der Waals surface area contributed by atoms with E-state index < -0.39 is 0 Å². The molecule has 0 heterocycles. The Kier molecular flexibility index (Phi) is 6.91. The zero-order valence-corrected chi connectivity index (χ0v) is 14.4. The molecule has 0 aliphatic rings. The van der Waals surface area contributed by atoms with Crippen molar-refractivity contribution >= 4 is 35.0 Å². The molecule has 1 nitrogen and oxygen atoms in total. The van der Waals surface area contributed by atoms with Gasteiger partial charge < -0.3 is 5.32 Å². The van der Waals surface area contributed by atoms with Crippen LogP contribution < -0.4 is 5.32 Å². The Morgan fingerprint density at radius 3 is 2.71 bits per heavy atom. The normalized spacial score (nSPS) is 10.8. The fourth-order valence-corrected chi connectivity index (χ4v) is 3.49. The lowest BCUT2D eigenvalue weighted by atomic mass is 10.2. The molecule has 0 amide bonds. The monoisotopic (exact) mass is 339 g/mol. The van der Waals surface area contributed by atoms with Crippen LogP contribution in [0.15, 0.2) is 47.4 Å². The van der Waals surface area contributed by atoms with E-state index in [1.54, 1.807) is 17.8 Å². The average Bonchev–Trinajstić information content (AvgIpc) is 2.47. The molecule has 0 spiro atoms. The molecule has 0 aromatic heterocycles. The number of rotatable bonds is 7. The first-order valence-corrected chi connectivity index (χ1v) is 8.79. The molecule has 0 aliphatic heterocycles. The number of benzene rings is 2. The number of hydrogen-bond donors (Lipinski definition) is 1. The minimum atomic E-state index is 0.678. The summed E-state index contributed by atoms with van der Waals surface area (Å²) < 4.78 is 0. The first-order chi connectivity index (χ1) is 10.2. The fraction of sp³-hybridized carbons (Fsp3) is 0.294. The molecule has 0 aliphatic carbocycles. The van der Waals surface area contributed by atoms with Crippen LogP contribution in [0.2, 0.25) is 10.0 Å². The van der Waals surface area contributed by atoms with E-state index in [2.05, 4.69) is 36.5 Å². The van der Waals surface area contributed by atoms with E-state index in [9.17, 15) is 0 Å². The van der Waals surface area contributed by atoms with Crippen LogP contribution in [0, 0.1) is 0 Å². The van der Waals surface area contributed by atoms with Gasteiger partial charge in [0.2, 0.25) is 0 Å². The van der Waals surface area contributed by atoms with Gasteiger partial charge in [0.15, 0.2) is 0 Å². The summed E-state index contributed by atoms with van der Waals surface area (Å²) in [7, 11) is 0. The second-order valence-electron chi connectivity index (χ2n) is 4.85. The number of halogens is 2. The fourth-order valence-electron chi connectivity index (χ4n) is 1.95. The van der Waals surface area contributed by atoms with Crippen molar-refractivity contribution in [2.45, 2.75) is 30.5 Å². The van der Waals surface area contributed by atoms with E-state index in [0.29, 0.717) is 5.02 Å². The van der Waals surface area contributed by atoms with Crippen molar-refractivity contribution in [3.05, 3.63) is 63.6 Å². The van der Waals surface area contributed by atoms with Crippen molar-refractivity contribution in [2.75, 3.05) is 6.54 Å². The molecular weight excluding hydrogens is 321 g/mol. The van der Waals surface area contributed by atoms with E-state index in [1.165, 1.54) is 10.5 Å². The van der Waals surface area contributed by atoms with Crippen molar-refractivity contribution in [3.8, 4) is 0 Å². The third-order valence-electron chi connectivity index (χ3n) is 3.06. The van der Waals surface area contributed by atoms with Gasteiger partial charge in [-0.25, -0.2) is 0 Å². The Hall–Kier alpha value is -0.670. The van der Waals surface area contributed by atoms with Gasteiger partial charge >= 0.3 is 0 Å². The van der Waals surface area contributed by atoms with E-state index in [1.807, 2.05) is 12.1 Å². The van der Waals surface area contributed by atoms with Gasteiger partial charge in [-0.3, -0.25) is 0 Å². The Morgan fingerprint density at radius 1 is 1.10 bits per heavy atom. The zero-order valence-electron chi connectivity index (χ0n) is 12.0. The van der Waals surface area contributed by atoms with E-state index in [0.717, 1.165) is 35.8 Å². The van der Waals surface area contributed by atoms with Crippen LogP contribution >= 0.6 is 35.0 Å².